The van der Waals surface area contributed by atoms with Crippen LogP contribution in [0.1, 0.15) is 43.7 Å². The lowest BCUT2D eigenvalue weighted by atomic mass is 9.93. The van der Waals surface area contributed by atoms with E-state index in [-0.39, 0.29) is 23.2 Å². The predicted octanol–water partition coefficient (Wildman–Crippen LogP) is 4.51. The van der Waals surface area contributed by atoms with E-state index < -0.39 is 0 Å². The molecule has 0 saturated carbocycles. The molecule has 2 aromatic rings. The molecule has 1 unspecified atom stereocenters. The van der Waals surface area contributed by atoms with Gasteiger partial charge in [-0.1, -0.05) is 37.3 Å². The van der Waals surface area contributed by atoms with E-state index in [9.17, 15) is 4.79 Å². The summed E-state index contributed by atoms with van der Waals surface area (Å²) in [7, 11) is 1.73. The first-order chi connectivity index (χ1) is 16.6. The minimum absolute atomic E-state index is 0.0401. The summed E-state index contributed by atoms with van der Waals surface area (Å²) in [5.41, 5.74) is 3.97. The van der Waals surface area contributed by atoms with Crippen LogP contribution in [0.2, 0.25) is 0 Å². The Morgan fingerprint density at radius 2 is 1.97 bits per heavy atom. The van der Waals surface area contributed by atoms with Crippen molar-refractivity contribution in [1.29, 1.82) is 5.41 Å². The fourth-order valence-electron chi connectivity index (χ4n) is 3.78. The number of aromatic nitrogens is 1. The Kier molecular flexibility index (Phi) is 10.1. The van der Waals surface area contributed by atoms with Crippen molar-refractivity contribution < 1.29 is 9.53 Å². The van der Waals surface area contributed by atoms with Crippen molar-refractivity contribution in [3.05, 3.63) is 66.0 Å². The topological polar surface area (TPSA) is 99.5 Å². The summed E-state index contributed by atoms with van der Waals surface area (Å²) in [5.74, 6) is -0.422. The molecule has 0 fully saturated rings. The molecule has 34 heavy (non-hydrogen) atoms. The van der Waals surface area contributed by atoms with Gasteiger partial charge in [0, 0.05) is 25.8 Å². The molecule has 1 amide bonds. The second kappa shape index (κ2) is 13.5. The van der Waals surface area contributed by atoms with Gasteiger partial charge in [0.1, 0.15) is 5.71 Å². The van der Waals surface area contributed by atoms with Gasteiger partial charge in [-0.15, -0.1) is 0 Å². The van der Waals surface area contributed by atoms with Crippen molar-refractivity contribution in [2.75, 3.05) is 32.1 Å². The highest BCUT2D eigenvalue weighted by Crippen LogP contribution is 2.23. The summed E-state index contributed by atoms with van der Waals surface area (Å²) in [4.78, 5) is 21.7. The quantitative estimate of drug-likeness (QED) is 0.429. The molecule has 0 radical (unpaired) electrons. The first-order valence-corrected chi connectivity index (χ1v) is 12.0. The number of allylic oxidation sites excluding steroid dienone is 1. The summed E-state index contributed by atoms with van der Waals surface area (Å²) in [5, 5.41) is 14.8. The number of carbonyl (C=O) groups is 1. The SMILES string of the molecule is COCCCNCCCc1ccc(/C2=C/CCC(C)C(=N)C(C(=O)Nc3cccnc3)=N2)cc1. The number of hydrogen-bond acceptors (Lipinski definition) is 6. The third kappa shape index (κ3) is 7.71. The van der Waals surface area contributed by atoms with E-state index in [1.165, 1.54) is 5.56 Å². The van der Waals surface area contributed by atoms with Crippen LogP contribution in [0.5, 0.6) is 0 Å². The number of rotatable bonds is 11. The first kappa shape index (κ1) is 25.5. The van der Waals surface area contributed by atoms with E-state index in [0.29, 0.717) is 5.69 Å². The zero-order chi connectivity index (χ0) is 24.2. The third-order valence-corrected chi connectivity index (χ3v) is 5.82. The van der Waals surface area contributed by atoms with E-state index in [0.717, 1.165) is 63.1 Å². The van der Waals surface area contributed by atoms with Gasteiger partial charge in [0.2, 0.25) is 0 Å². The number of aryl methyl sites for hydroxylation is 1. The number of methoxy groups -OCH3 is 1. The summed E-state index contributed by atoms with van der Waals surface area (Å²) in [6.45, 7) is 4.72. The van der Waals surface area contributed by atoms with Gasteiger partial charge < -0.3 is 20.8 Å². The van der Waals surface area contributed by atoms with Crippen LogP contribution in [0.3, 0.4) is 0 Å². The van der Waals surface area contributed by atoms with E-state index in [4.69, 9.17) is 10.1 Å². The van der Waals surface area contributed by atoms with Crippen LogP contribution in [0.15, 0.2) is 59.9 Å². The van der Waals surface area contributed by atoms with Gasteiger partial charge in [-0.2, -0.15) is 0 Å². The Morgan fingerprint density at radius 1 is 1.18 bits per heavy atom. The molecule has 3 rings (SSSR count). The Labute approximate surface area is 202 Å². The monoisotopic (exact) mass is 461 g/mol. The van der Waals surface area contributed by atoms with Gasteiger partial charge in [-0.3, -0.25) is 9.78 Å². The molecule has 0 aliphatic carbocycles. The minimum atomic E-state index is -0.382. The molecular formula is C27H35N5O2. The number of ether oxygens (including phenoxy) is 1. The van der Waals surface area contributed by atoms with Crippen molar-refractivity contribution in [1.82, 2.24) is 10.3 Å². The van der Waals surface area contributed by atoms with Gasteiger partial charge in [0.05, 0.1) is 23.3 Å². The van der Waals surface area contributed by atoms with Crippen molar-refractivity contribution in [3.8, 4) is 0 Å². The number of nitrogens with one attached hydrogen (secondary N) is 3. The molecule has 7 nitrogen and oxygen atoms in total. The van der Waals surface area contributed by atoms with Crippen molar-refractivity contribution in [2.24, 2.45) is 10.9 Å². The van der Waals surface area contributed by atoms with E-state index >= 15 is 0 Å². The average Bonchev–Trinajstić information content (AvgIpc) is 2.85. The fraction of sp³-hybridized carbons (Fsp3) is 0.407. The number of amides is 1. The van der Waals surface area contributed by atoms with Gasteiger partial charge in [-0.25, -0.2) is 4.99 Å². The molecule has 0 saturated heterocycles. The van der Waals surface area contributed by atoms with Gasteiger partial charge in [0.15, 0.2) is 0 Å². The Hall–Kier alpha value is -3.16. The number of hydrogen-bond donors (Lipinski definition) is 3. The second-order valence-corrected chi connectivity index (χ2v) is 8.53. The van der Waals surface area contributed by atoms with Crippen molar-refractivity contribution in [3.63, 3.8) is 0 Å². The van der Waals surface area contributed by atoms with Crippen molar-refractivity contribution >= 4 is 28.7 Å². The molecule has 1 aromatic heterocycles. The number of anilines is 1. The minimum Gasteiger partial charge on any atom is -0.385 e. The van der Waals surface area contributed by atoms with E-state index in [1.54, 1.807) is 31.6 Å². The first-order valence-electron chi connectivity index (χ1n) is 12.0. The molecule has 180 valence electrons. The Balaban J connectivity index is 1.67. The second-order valence-electron chi connectivity index (χ2n) is 8.53. The van der Waals surface area contributed by atoms with Crippen LogP contribution in [-0.2, 0) is 16.0 Å². The molecule has 1 aromatic carbocycles. The molecule has 0 bridgehead atoms. The predicted molar refractivity (Wildman–Crippen MR) is 139 cm³/mol. The molecular weight excluding hydrogens is 426 g/mol. The number of aliphatic imine (C=N–C) groups is 1. The van der Waals surface area contributed by atoms with Gasteiger partial charge >= 0.3 is 0 Å². The summed E-state index contributed by atoms with van der Waals surface area (Å²) in [6.07, 6.45) is 10.0. The lowest BCUT2D eigenvalue weighted by Crippen LogP contribution is -2.33. The molecule has 7 heteroatoms. The van der Waals surface area contributed by atoms with Crippen LogP contribution in [0.4, 0.5) is 5.69 Å². The largest absolute Gasteiger partial charge is 0.385 e. The molecule has 1 aliphatic rings. The zero-order valence-electron chi connectivity index (χ0n) is 20.1. The number of pyridine rings is 1. The smallest absolute Gasteiger partial charge is 0.276 e. The molecule has 0 spiro atoms. The summed E-state index contributed by atoms with van der Waals surface area (Å²) < 4.78 is 5.06. The van der Waals surface area contributed by atoms with Crippen LogP contribution in [0, 0.1) is 11.3 Å². The van der Waals surface area contributed by atoms with E-state index in [1.807, 2.05) is 6.92 Å². The molecule has 1 aliphatic heterocycles. The number of nitrogens with zero attached hydrogens (tertiary/aromatic N) is 2. The lowest BCUT2D eigenvalue weighted by molar-refractivity contribution is -0.110. The lowest BCUT2D eigenvalue weighted by Gasteiger charge is -2.18. The maximum Gasteiger partial charge on any atom is 0.276 e. The normalized spacial score (nSPS) is 17.8. The Bertz CT molecular complexity index is 999. The highest BCUT2D eigenvalue weighted by atomic mass is 16.5. The highest BCUT2D eigenvalue weighted by Gasteiger charge is 2.24. The van der Waals surface area contributed by atoms with Crippen LogP contribution < -0.4 is 10.6 Å². The number of carbonyl (C=O) groups excluding carboxylic acids is 1. The Morgan fingerprint density at radius 3 is 2.71 bits per heavy atom. The number of benzene rings is 1. The van der Waals surface area contributed by atoms with Gasteiger partial charge in [-0.05, 0) is 68.5 Å². The molecule has 1 atom stereocenters. The van der Waals surface area contributed by atoms with Crippen LogP contribution >= 0.6 is 0 Å². The maximum atomic E-state index is 13.0. The summed E-state index contributed by atoms with van der Waals surface area (Å²) >= 11 is 0. The van der Waals surface area contributed by atoms with Crippen LogP contribution in [0.25, 0.3) is 5.70 Å². The standard InChI is InChI=1S/C27H35N5O2/c1-20-7-3-10-24(32-26(25(20)28)27(33)31-23-9-5-16-30-19-23)22-13-11-21(12-14-22)8-4-15-29-17-6-18-34-2/h5,9-14,16,19-20,28-29H,3-4,6-8,15,17-18H2,1-2H3,(H,31,33)/b24-10-,28-25?,32-26?. The zero-order valence-corrected chi connectivity index (χ0v) is 20.1. The summed E-state index contributed by atoms with van der Waals surface area (Å²) in [6, 6.07) is 11.9. The van der Waals surface area contributed by atoms with Gasteiger partial charge in [0.25, 0.3) is 5.91 Å². The van der Waals surface area contributed by atoms with Crippen molar-refractivity contribution in [2.45, 2.75) is 39.0 Å². The van der Waals surface area contributed by atoms with Crippen LogP contribution in [-0.4, -0.2) is 49.1 Å². The molecule has 3 N–H and O–H groups in total. The third-order valence-electron chi connectivity index (χ3n) is 5.82. The average molecular weight is 462 g/mol. The highest BCUT2D eigenvalue weighted by molar-refractivity contribution is 6.69. The molecule has 2 heterocycles. The maximum absolute atomic E-state index is 13.0. The van der Waals surface area contributed by atoms with E-state index in [2.05, 4.69) is 51.0 Å². The fourth-order valence-corrected chi connectivity index (χ4v) is 3.78.